The third kappa shape index (κ3) is 5.03. The Labute approximate surface area is 196 Å². The minimum atomic E-state index is -3.83. The molecule has 11 heteroatoms. The Balaban J connectivity index is 1.44. The Morgan fingerprint density at radius 3 is 2.61 bits per heavy atom. The number of H-pyrrole nitrogens is 1. The number of halogens is 1. The summed E-state index contributed by atoms with van der Waals surface area (Å²) in [6.45, 7) is 0.863. The number of benzene rings is 2. The summed E-state index contributed by atoms with van der Waals surface area (Å²) in [6, 6.07) is 13.5. The minimum absolute atomic E-state index is 0.0607. The topological polar surface area (TPSA) is 112 Å². The van der Waals surface area contributed by atoms with Gasteiger partial charge in [-0.1, -0.05) is 29.8 Å². The summed E-state index contributed by atoms with van der Waals surface area (Å²) in [4.78, 5) is 29.5. The molecule has 2 N–H and O–H groups in total. The molecule has 0 spiro atoms. The molecule has 1 saturated heterocycles. The molecule has 0 atom stereocenters. The number of fused-ring (bicyclic) bond motifs is 1. The Hall–Kier alpha value is -2.92. The maximum atomic E-state index is 13.0. The van der Waals surface area contributed by atoms with Crippen molar-refractivity contribution in [2.24, 2.45) is 0 Å². The molecule has 33 heavy (non-hydrogen) atoms. The Morgan fingerprint density at radius 2 is 1.88 bits per heavy atom. The van der Waals surface area contributed by atoms with Gasteiger partial charge in [-0.2, -0.15) is 4.31 Å². The van der Waals surface area contributed by atoms with Crippen LogP contribution in [0.25, 0.3) is 10.9 Å². The molecule has 4 rings (SSSR count). The fraction of sp³-hybridized carbons (Fsp3) is 0.273. The molecule has 0 unspecified atom stereocenters. The van der Waals surface area contributed by atoms with E-state index in [2.05, 4.69) is 10.3 Å². The number of carbonyl (C=O) groups excluding carboxylic acids is 2. The van der Waals surface area contributed by atoms with E-state index in [0.29, 0.717) is 18.9 Å². The number of hydrogen-bond acceptors (Lipinski definition) is 5. The quantitative estimate of drug-likeness (QED) is 0.551. The van der Waals surface area contributed by atoms with Crippen LogP contribution in [0, 0.1) is 0 Å². The van der Waals surface area contributed by atoms with Gasteiger partial charge in [0.15, 0.2) is 0 Å². The molecule has 1 fully saturated rings. The number of ether oxygens (including phenoxy) is 1. The molecule has 2 heterocycles. The fourth-order valence-corrected chi connectivity index (χ4v) is 5.50. The van der Waals surface area contributed by atoms with Gasteiger partial charge in [-0.15, -0.1) is 0 Å². The molecule has 9 nitrogen and oxygen atoms in total. The average Bonchev–Trinajstić information content (AvgIpc) is 3.24. The highest BCUT2D eigenvalue weighted by molar-refractivity contribution is 7.89. The normalized spacial score (nSPS) is 14.8. The molecule has 2 aromatic carbocycles. The van der Waals surface area contributed by atoms with E-state index >= 15 is 0 Å². The van der Waals surface area contributed by atoms with Crippen LogP contribution in [-0.4, -0.2) is 74.3 Å². The van der Waals surface area contributed by atoms with Crippen molar-refractivity contribution in [2.45, 2.75) is 4.90 Å². The number of hydrogen-bond donors (Lipinski definition) is 2. The highest BCUT2D eigenvalue weighted by atomic mass is 35.5. The molecule has 1 aromatic heterocycles. The first-order valence-corrected chi connectivity index (χ1v) is 12.1. The second-order valence-electron chi connectivity index (χ2n) is 7.64. The number of morpholine rings is 1. The van der Waals surface area contributed by atoms with Gasteiger partial charge in [0.25, 0.3) is 5.91 Å². The van der Waals surface area contributed by atoms with Crippen LogP contribution in [0.3, 0.4) is 0 Å². The second kappa shape index (κ2) is 9.52. The zero-order valence-electron chi connectivity index (χ0n) is 17.9. The SMILES string of the molecule is CN(CC(=O)Nc1ccc(Cl)c(S(=O)(=O)N2CCOCC2)c1)C(=O)c1cc2ccccc2[nH]1. The van der Waals surface area contributed by atoms with Gasteiger partial charge < -0.3 is 19.9 Å². The first-order valence-electron chi connectivity index (χ1n) is 10.3. The molecule has 0 radical (unpaired) electrons. The van der Waals surface area contributed by atoms with Gasteiger partial charge in [0.05, 0.1) is 24.8 Å². The predicted octanol–water partition coefficient (Wildman–Crippen LogP) is 2.55. The number of likely N-dealkylation sites (N-methyl/N-ethyl adjacent to an activating group) is 1. The van der Waals surface area contributed by atoms with Gasteiger partial charge in [0, 0.05) is 36.7 Å². The summed E-state index contributed by atoms with van der Waals surface area (Å²) in [5.41, 5.74) is 1.47. The third-order valence-electron chi connectivity index (χ3n) is 5.29. The van der Waals surface area contributed by atoms with Crippen LogP contribution in [0.5, 0.6) is 0 Å². The molecular formula is C22H23ClN4O5S. The lowest BCUT2D eigenvalue weighted by Crippen LogP contribution is -2.40. The van der Waals surface area contributed by atoms with E-state index in [1.54, 1.807) is 6.07 Å². The first-order chi connectivity index (χ1) is 15.8. The number of carbonyl (C=O) groups is 2. The Bertz CT molecular complexity index is 1270. The number of anilines is 1. The summed E-state index contributed by atoms with van der Waals surface area (Å²) in [7, 11) is -2.32. The van der Waals surface area contributed by atoms with Crippen LogP contribution in [0.1, 0.15) is 10.5 Å². The van der Waals surface area contributed by atoms with E-state index in [9.17, 15) is 18.0 Å². The monoisotopic (exact) mass is 490 g/mol. The number of aromatic nitrogens is 1. The zero-order chi connectivity index (χ0) is 23.6. The van der Waals surface area contributed by atoms with Gasteiger partial charge in [0.2, 0.25) is 15.9 Å². The van der Waals surface area contributed by atoms with Crippen LogP contribution < -0.4 is 5.32 Å². The van der Waals surface area contributed by atoms with E-state index in [0.717, 1.165) is 10.9 Å². The molecule has 0 aliphatic carbocycles. The van der Waals surface area contributed by atoms with Crippen molar-refractivity contribution in [1.29, 1.82) is 0 Å². The molecular weight excluding hydrogens is 468 g/mol. The molecule has 3 aromatic rings. The van der Waals surface area contributed by atoms with Gasteiger partial charge >= 0.3 is 0 Å². The van der Waals surface area contributed by atoms with Crippen molar-refractivity contribution >= 4 is 50.0 Å². The molecule has 0 bridgehead atoms. The molecule has 2 amide bonds. The van der Waals surface area contributed by atoms with Crippen molar-refractivity contribution in [3.63, 3.8) is 0 Å². The molecule has 1 aliphatic heterocycles. The summed E-state index contributed by atoms with van der Waals surface area (Å²) < 4.78 is 32.4. The lowest BCUT2D eigenvalue weighted by atomic mass is 10.2. The van der Waals surface area contributed by atoms with Crippen molar-refractivity contribution in [1.82, 2.24) is 14.2 Å². The Kier molecular flexibility index (Phi) is 6.71. The van der Waals surface area contributed by atoms with Crippen LogP contribution >= 0.6 is 11.6 Å². The van der Waals surface area contributed by atoms with E-state index < -0.39 is 15.9 Å². The second-order valence-corrected chi connectivity index (χ2v) is 9.95. The smallest absolute Gasteiger partial charge is 0.270 e. The van der Waals surface area contributed by atoms with Gasteiger partial charge in [0.1, 0.15) is 10.6 Å². The number of para-hydroxylation sites is 1. The van der Waals surface area contributed by atoms with Crippen LogP contribution in [-0.2, 0) is 19.6 Å². The molecule has 0 saturated carbocycles. The van der Waals surface area contributed by atoms with E-state index in [1.807, 2.05) is 24.3 Å². The lowest BCUT2D eigenvalue weighted by molar-refractivity contribution is -0.116. The van der Waals surface area contributed by atoms with Gasteiger partial charge in [-0.25, -0.2) is 8.42 Å². The number of amides is 2. The van der Waals surface area contributed by atoms with Gasteiger partial charge in [-0.05, 0) is 30.3 Å². The number of aromatic amines is 1. The number of rotatable bonds is 6. The lowest BCUT2D eigenvalue weighted by Gasteiger charge is -2.26. The third-order valence-corrected chi connectivity index (χ3v) is 7.67. The van der Waals surface area contributed by atoms with E-state index in [1.165, 1.54) is 34.5 Å². The summed E-state index contributed by atoms with van der Waals surface area (Å²) >= 11 is 6.16. The fourth-order valence-electron chi connectivity index (χ4n) is 3.59. The summed E-state index contributed by atoms with van der Waals surface area (Å²) in [5.74, 6) is -0.813. The van der Waals surface area contributed by atoms with Gasteiger partial charge in [-0.3, -0.25) is 9.59 Å². The van der Waals surface area contributed by atoms with E-state index in [-0.39, 0.29) is 41.1 Å². The maximum Gasteiger partial charge on any atom is 0.270 e. The minimum Gasteiger partial charge on any atom is -0.379 e. The number of sulfonamides is 1. The first kappa shape index (κ1) is 23.2. The van der Waals surface area contributed by atoms with Crippen LogP contribution in [0.15, 0.2) is 53.4 Å². The predicted molar refractivity (Wildman–Crippen MR) is 125 cm³/mol. The highest BCUT2D eigenvalue weighted by Gasteiger charge is 2.29. The number of nitrogens with zero attached hydrogens (tertiary/aromatic N) is 2. The van der Waals surface area contributed by atoms with E-state index in [4.69, 9.17) is 16.3 Å². The van der Waals surface area contributed by atoms with Crippen LogP contribution in [0.4, 0.5) is 5.69 Å². The maximum absolute atomic E-state index is 13.0. The standard InChI is InChI=1S/C22H23ClN4O5S/c1-26(22(29)19-12-15-4-2-3-5-18(15)25-19)14-21(28)24-16-6-7-17(23)20(13-16)33(30,31)27-8-10-32-11-9-27/h2-7,12-13,25H,8-11,14H2,1H3,(H,24,28). The van der Waals surface area contributed by atoms with Crippen molar-refractivity contribution in [3.05, 3.63) is 59.2 Å². The highest BCUT2D eigenvalue weighted by Crippen LogP contribution is 2.28. The largest absolute Gasteiger partial charge is 0.379 e. The Morgan fingerprint density at radius 1 is 1.15 bits per heavy atom. The summed E-state index contributed by atoms with van der Waals surface area (Å²) in [5, 5.41) is 3.60. The number of nitrogens with one attached hydrogen (secondary N) is 2. The van der Waals surface area contributed by atoms with Crippen molar-refractivity contribution < 1.29 is 22.7 Å². The van der Waals surface area contributed by atoms with Crippen molar-refractivity contribution in [3.8, 4) is 0 Å². The summed E-state index contributed by atoms with van der Waals surface area (Å²) in [6.07, 6.45) is 0. The average molecular weight is 491 g/mol. The van der Waals surface area contributed by atoms with Crippen LogP contribution in [0.2, 0.25) is 5.02 Å². The van der Waals surface area contributed by atoms with Crippen molar-refractivity contribution in [2.75, 3.05) is 45.2 Å². The molecule has 1 aliphatic rings. The zero-order valence-corrected chi connectivity index (χ0v) is 19.4. The molecule has 174 valence electrons.